The maximum Gasteiger partial charge on any atom is 0.276 e. The molecule has 2 unspecified atom stereocenters. The van der Waals surface area contributed by atoms with Crippen LogP contribution in [0.4, 0.5) is 4.39 Å². The monoisotopic (exact) mass is 449 g/mol. The molecule has 0 N–H and O–H groups in total. The zero-order valence-electron chi connectivity index (χ0n) is 19.1. The lowest BCUT2D eigenvalue weighted by atomic mass is 9.83. The molecule has 1 aliphatic heterocycles. The number of ether oxygens (including phenoxy) is 1. The highest BCUT2D eigenvalue weighted by Crippen LogP contribution is 2.40. The minimum absolute atomic E-state index is 0.0190. The van der Waals surface area contributed by atoms with Crippen LogP contribution in [0.25, 0.3) is 0 Å². The molecule has 172 valence electrons. The maximum absolute atomic E-state index is 14.3. The molecule has 0 saturated heterocycles. The summed E-state index contributed by atoms with van der Waals surface area (Å²) in [6.45, 7) is 6.96. The van der Waals surface area contributed by atoms with Crippen LogP contribution in [0, 0.1) is 12.7 Å². The molecule has 0 fully saturated rings. The maximum atomic E-state index is 14.3. The van der Waals surface area contributed by atoms with Crippen LogP contribution in [-0.2, 0) is 0 Å². The van der Waals surface area contributed by atoms with Gasteiger partial charge in [-0.15, -0.1) is 0 Å². The molecule has 4 rings (SSSR count). The molecule has 1 aliphatic rings. The highest BCUT2D eigenvalue weighted by Gasteiger charge is 2.39. The normalized spacial score (nSPS) is 16.4. The van der Waals surface area contributed by atoms with Crippen LogP contribution >= 0.6 is 0 Å². The number of aromatic nitrogens is 2. The summed E-state index contributed by atoms with van der Waals surface area (Å²) in [6, 6.07) is 14.2. The van der Waals surface area contributed by atoms with Crippen molar-refractivity contribution in [2.24, 2.45) is 0 Å². The second kappa shape index (κ2) is 9.57. The van der Waals surface area contributed by atoms with E-state index in [-0.39, 0.29) is 41.7 Å². The number of nitrogens with zero attached hydrogens (tertiary/aromatic N) is 3. The third kappa shape index (κ3) is 4.40. The van der Waals surface area contributed by atoms with Gasteiger partial charge in [0, 0.05) is 19.0 Å². The van der Waals surface area contributed by atoms with Gasteiger partial charge in [-0.25, -0.2) is 4.39 Å². The average molecular weight is 450 g/mol. The highest BCUT2D eigenvalue weighted by atomic mass is 19.1. The van der Waals surface area contributed by atoms with Gasteiger partial charge < -0.3 is 9.64 Å². The molecule has 0 bridgehead atoms. The first-order valence-corrected chi connectivity index (χ1v) is 11.3. The van der Waals surface area contributed by atoms with Crippen molar-refractivity contribution in [3.8, 4) is 5.75 Å². The van der Waals surface area contributed by atoms with E-state index in [2.05, 4.69) is 11.2 Å². The van der Waals surface area contributed by atoms with Gasteiger partial charge in [-0.1, -0.05) is 48.9 Å². The van der Waals surface area contributed by atoms with E-state index in [0.29, 0.717) is 13.1 Å². The van der Waals surface area contributed by atoms with Gasteiger partial charge in [0.05, 0.1) is 18.8 Å². The van der Waals surface area contributed by atoms with Crippen molar-refractivity contribution in [1.82, 2.24) is 14.7 Å². The molecule has 1 aromatic heterocycles. The molecular formula is C26H28FN3O3. The van der Waals surface area contributed by atoms with Crippen LogP contribution in [0.15, 0.2) is 59.5 Å². The van der Waals surface area contributed by atoms with Crippen LogP contribution in [-0.4, -0.2) is 40.3 Å². The van der Waals surface area contributed by atoms with Gasteiger partial charge in [0.25, 0.3) is 5.91 Å². The summed E-state index contributed by atoms with van der Waals surface area (Å²) in [5, 5.41) is 4.39. The van der Waals surface area contributed by atoms with Gasteiger partial charge in [0.2, 0.25) is 5.43 Å². The molecular weight excluding hydrogens is 421 g/mol. The van der Waals surface area contributed by atoms with Gasteiger partial charge in [-0.2, -0.15) is 5.10 Å². The fourth-order valence-corrected chi connectivity index (χ4v) is 4.63. The third-order valence-corrected chi connectivity index (χ3v) is 5.95. The van der Waals surface area contributed by atoms with Crippen LogP contribution in [0.3, 0.4) is 0 Å². The van der Waals surface area contributed by atoms with E-state index >= 15 is 0 Å². The summed E-state index contributed by atoms with van der Waals surface area (Å²) in [7, 11) is 0. The van der Waals surface area contributed by atoms with Crippen molar-refractivity contribution in [2.75, 3.05) is 19.7 Å². The second-order valence-corrected chi connectivity index (χ2v) is 8.33. The van der Waals surface area contributed by atoms with Crippen LogP contribution in [0.5, 0.6) is 5.75 Å². The largest absolute Gasteiger partial charge is 0.488 e. The van der Waals surface area contributed by atoms with Crippen molar-refractivity contribution in [3.05, 3.63) is 93.2 Å². The Morgan fingerprint density at radius 2 is 1.85 bits per heavy atom. The SMILES string of the molecule is CCCN1CC(C(c2cccc(C)c2)c2cccc(F)c2)n2ncc(=O)c(OCC)c2C1=O. The topological polar surface area (TPSA) is 64.4 Å². The smallest absolute Gasteiger partial charge is 0.276 e. The number of amides is 1. The molecule has 2 heterocycles. The molecule has 2 aromatic carbocycles. The lowest BCUT2D eigenvalue weighted by molar-refractivity contribution is 0.0632. The summed E-state index contributed by atoms with van der Waals surface area (Å²) in [5.74, 6) is -0.878. The quantitative estimate of drug-likeness (QED) is 0.539. The Kier molecular flexibility index (Phi) is 6.58. The van der Waals surface area contributed by atoms with Gasteiger partial charge in [-0.05, 0) is 43.5 Å². The van der Waals surface area contributed by atoms with E-state index in [1.165, 1.54) is 18.3 Å². The van der Waals surface area contributed by atoms with Crippen molar-refractivity contribution >= 4 is 5.91 Å². The number of benzene rings is 2. The van der Waals surface area contributed by atoms with Gasteiger partial charge in [-0.3, -0.25) is 14.3 Å². The number of hydrogen-bond donors (Lipinski definition) is 0. The van der Waals surface area contributed by atoms with E-state index in [4.69, 9.17) is 4.74 Å². The van der Waals surface area contributed by atoms with Crippen LogP contribution in [0.1, 0.15) is 59.4 Å². The lowest BCUT2D eigenvalue weighted by Gasteiger charge is -2.39. The Bertz CT molecular complexity index is 1180. The molecule has 0 spiro atoms. The zero-order valence-corrected chi connectivity index (χ0v) is 19.1. The molecule has 7 heteroatoms. The second-order valence-electron chi connectivity index (χ2n) is 8.33. The third-order valence-electron chi connectivity index (χ3n) is 5.95. The lowest BCUT2D eigenvalue weighted by Crippen LogP contribution is -2.47. The van der Waals surface area contributed by atoms with E-state index in [9.17, 15) is 14.0 Å². The van der Waals surface area contributed by atoms with Crippen molar-refractivity contribution in [2.45, 2.75) is 39.2 Å². The fraction of sp³-hybridized carbons (Fsp3) is 0.346. The number of carbonyl (C=O) groups is 1. The Balaban J connectivity index is 1.97. The summed E-state index contributed by atoms with van der Waals surface area (Å²) < 4.78 is 21.6. The van der Waals surface area contributed by atoms with E-state index in [1.807, 2.05) is 38.1 Å². The van der Waals surface area contributed by atoms with E-state index in [1.54, 1.807) is 22.6 Å². The summed E-state index contributed by atoms with van der Waals surface area (Å²) in [6.07, 6.45) is 1.96. The molecule has 3 aromatic rings. The molecule has 0 radical (unpaired) electrons. The molecule has 1 amide bonds. The standard InChI is InChI=1S/C26H28FN3O3/c1-4-12-29-16-21(30-24(26(29)32)25(33-5-2)22(31)15-28-30)23(18-9-6-8-17(3)13-18)19-10-7-11-20(27)14-19/h6-11,13-15,21,23H,4-5,12,16H2,1-3H3. The number of rotatable bonds is 7. The first-order valence-electron chi connectivity index (χ1n) is 11.3. The van der Waals surface area contributed by atoms with Crippen molar-refractivity contribution in [3.63, 3.8) is 0 Å². The predicted molar refractivity (Wildman–Crippen MR) is 124 cm³/mol. The Hall–Kier alpha value is -3.48. The summed E-state index contributed by atoms with van der Waals surface area (Å²) in [5.41, 5.74) is 2.57. The summed E-state index contributed by atoms with van der Waals surface area (Å²) in [4.78, 5) is 27.7. The minimum atomic E-state index is -0.425. The minimum Gasteiger partial charge on any atom is -0.488 e. The molecule has 2 atom stereocenters. The first-order chi connectivity index (χ1) is 15.9. The van der Waals surface area contributed by atoms with Gasteiger partial charge >= 0.3 is 0 Å². The zero-order chi connectivity index (χ0) is 23.5. The number of carbonyl (C=O) groups excluding carboxylic acids is 1. The molecule has 6 nitrogen and oxygen atoms in total. The number of hydrogen-bond acceptors (Lipinski definition) is 4. The average Bonchev–Trinajstić information content (AvgIpc) is 2.79. The molecule has 0 aliphatic carbocycles. The van der Waals surface area contributed by atoms with Crippen LogP contribution < -0.4 is 10.2 Å². The van der Waals surface area contributed by atoms with Gasteiger partial charge in [0.15, 0.2) is 11.4 Å². The Morgan fingerprint density at radius 3 is 2.52 bits per heavy atom. The van der Waals surface area contributed by atoms with E-state index < -0.39 is 5.43 Å². The first kappa shape index (κ1) is 22.7. The highest BCUT2D eigenvalue weighted by molar-refractivity contribution is 5.96. The Labute approximate surface area is 192 Å². The number of aryl methyl sites for hydroxylation is 1. The number of halogens is 1. The fourth-order valence-electron chi connectivity index (χ4n) is 4.63. The van der Waals surface area contributed by atoms with Gasteiger partial charge in [0.1, 0.15) is 5.82 Å². The number of fused-ring (bicyclic) bond motifs is 1. The molecule has 0 saturated carbocycles. The van der Waals surface area contributed by atoms with Crippen molar-refractivity contribution in [1.29, 1.82) is 0 Å². The molecule has 33 heavy (non-hydrogen) atoms. The summed E-state index contributed by atoms with van der Waals surface area (Å²) >= 11 is 0. The van der Waals surface area contributed by atoms with E-state index in [0.717, 1.165) is 23.1 Å². The van der Waals surface area contributed by atoms with Crippen LogP contribution in [0.2, 0.25) is 0 Å². The predicted octanol–water partition coefficient (Wildman–Crippen LogP) is 4.33. The Morgan fingerprint density at radius 1 is 1.12 bits per heavy atom. The van der Waals surface area contributed by atoms with Crippen molar-refractivity contribution < 1.29 is 13.9 Å².